The van der Waals surface area contributed by atoms with Gasteiger partial charge in [-0.25, -0.2) is 9.97 Å². The Labute approximate surface area is 339 Å². The molecule has 0 N–H and O–H groups in total. The zero-order valence-electron chi connectivity index (χ0n) is 32.8. The number of hydrogen-bond donors (Lipinski definition) is 0. The summed E-state index contributed by atoms with van der Waals surface area (Å²) in [7, 11) is 0. The maximum absolute atomic E-state index is 6.77. The predicted octanol–water partition coefficient (Wildman–Crippen LogP) is 13.1. The van der Waals surface area contributed by atoms with Crippen LogP contribution in [-0.4, -0.2) is 28.1 Å². The second-order valence-electron chi connectivity index (χ2n) is 16.4. The highest BCUT2D eigenvalue weighted by Crippen LogP contribution is 2.39. The van der Waals surface area contributed by atoms with Crippen molar-refractivity contribution < 1.29 is 4.74 Å². The monoisotopic (exact) mass is 762 g/mol. The van der Waals surface area contributed by atoms with E-state index in [2.05, 4.69) is 191 Å². The van der Waals surface area contributed by atoms with Gasteiger partial charge in [0.05, 0.1) is 49.8 Å². The van der Waals surface area contributed by atoms with Crippen LogP contribution in [0.2, 0.25) is 0 Å². The van der Waals surface area contributed by atoms with Gasteiger partial charge >= 0.3 is 0 Å². The Morgan fingerprint density at radius 1 is 0.441 bits per heavy atom. The molecule has 0 saturated carbocycles. The van der Waals surface area contributed by atoms with Crippen molar-refractivity contribution in [3.05, 3.63) is 182 Å². The molecule has 0 atom stereocenters. The van der Waals surface area contributed by atoms with E-state index < -0.39 is 0 Å². The minimum absolute atomic E-state index is 0.0425. The van der Waals surface area contributed by atoms with E-state index in [1.807, 2.05) is 24.4 Å². The van der Waals surface area contributed by atoms with Crippen LogP contribution in [0.4, 0.5) is 0 Å². The lowest BCUT2D eigenvalue weighted by atomic mass is 9.88. The van der Waals surface area contributed by atoms with Crippen LogP contribution >= 0.6 is 0 Å². The zero-order valence-corrected chi connectivity index (χ0v) is 32.8. The van der Waals surface area contributed by atoms with Crippen LogP contribution < -0.4 is 4.74 Å². The lowest BCUT2D eigenvalue weighted by Crippen LogP contribution is -2.12. The second kappa shape index (κ2) is 12.4. The van der Waals surface area contributed by atoms with Crippen molar-refractivity contribution in [2.24, 2.45) is 0 Å². The van der Waals surface area contributed by atoms with Crippen LogP contribution in [0.25, 0.3) is 88.6 Å². The number of rotatable bonds is 5. The van der Waals surface area contributed by atoms with Crippen LogP contribution in [-0.2, 0) is 5.41 Å². The van der Waals surface area contributed by atoms with Gasteiger partial charge in [0, 0.05) is 45.6 Å². The maximum Gasteiger partial charge on any atom is 0.220 e. The van der Waals surface area contributed by atoms with Gasteiger partial charge in [-0.15, -0.1) is 0 Å². The summed E-state index contributed by atoms with van der Waals surface area (Å²) < 4.78 is 15.9. The fourth-order valence-electron chi connectivity index (χ4n) is 9.07. The third-order valence-electron chi connectivity index (χ3n) is 11.8. The van der Waals surface area contributed by atoms with Crippen molar-refractivity contribution >= 4 is 71.5 Å². The Morgan fingerprint density at radius 3 is 1.86 bits per heavy atom. The van der Waals surface area contributed by atoms with E-state index in [0.29, 0.717) is 0 Å². The molecule has 0 fully saturated rings. The minimum atomic E-state index is -0.0425. The van der Waals surface area contributed by atoms with E-state index in [1.54, 1.807) is 0 Å². The van der Waals surface area contributed by atoms with Gasteiger partial charge in [-0.1, -0.05) is 87.5 Å². The number of ether oxygens (including phenoxy) is 1. The number of nitrogens with zero attached hydrogens (tertiary/aromatic N) is 6. The molecule has 0 amide bonds. The van der Waals surface area contributed by atoms with Crippen LogP contribution in [0, 0.1) is 0 Å². The van der Waals surface area contributed by atoms with Crippen molar-refractivity contribution in [1.82, 2.24) is 28.1 Å². The van der Waals surface area contributed by atoms with Crippen molar-refractivity contribution in [2.45, 2.75) is 26.2 Å². The SMILES string of the molecule is CC(C)(C)c1ccnc(-n2c3ccc(-n4c5ccccc5c5ccccc54)cc3c3ccc(Oc4cccc(-n5c6ccccc6n6c7ccccc7nc56)c4)cc32)c1. The number of para-hydroxylation sites is 6. The van der Waals surface area contributed by atoms with E-state index in [0.717, 1.165) is 78.3 Å². The highest BCUT2D eigenvalue weighted by molar-refractivity contribution is 6.12. The number of aromatic nitrogens is 6. The van der Waals surface area contributed by atoms with Gasteiger partial charge in [0.25, 0.3) is 0 Å². The van der Waals surface area contributed by atoms with Gasteiger partial charge in [0.1, 0.15) is 17.3 Å². The molecule has 0 bridgehead atoms. The third kappa shape index (κ3) is 5.07. The van der Waals surface area contributed by atoms with Crippen LogP contribution in [0.1, 0.15) is 26.3 Å². The lowest BCUT2D eigenvalue weighted by molar-refractivity contribution is 0.483. The van der Waals surface area contributed by atoms with Gasteiger partial charge < -0.3 is 9.30 Å². The smallest absolute Gasteiger partial charge is 0.220 e. The summed E-state index contributed by atoms with van der Waals surface area (Å²) in [6, 6.07) is 59.9. The predicted molar refractivity (Wildman–Crippen MR) is 241 cm³/mol. The average molecular weight is 763 g/mol. The molecule has 0 aliphatic rings. The summed E-state index contributed by atoms with van der Waals surface area (Å²) in [6.45, 7) is 6.73. The Bertz CT molecular complexity index is 3590. The molecule has 59 heavy (non-hydrogen) atoms. The second-order valence-corrected chi connectivity index (χ2v) is 16.4. The first kappa shape index (κ1) is 33.5. The highest BCUT2D eigenvalue weighted by atomic mass is 16.5. The molecule has 7 nitrogen and oxygen atoms in total. The number of pyridine rings is 1. The van der Waals surface area contributed by atoms with Crippen LogP contribution in [0.15, 0.2) is 176 Å². The van der Waals surface area contributed by atoms with Crippen molar-refractivity contribution in [2.75, 3.05) is 0 Å². The summed E-state index contributed by atoms with van der Waals surface area (Å²) in [6.07, 6.45) is 1.93. The molecule has 0 aliphatic heterocycles. The van der Waals surface area contributed by atoms with Crippen LogP contribution in [0.5, 0.6) is 11.5 Å². The molecule has 7 aromatic carbocycles. The maximum atomic E-state index is 6.77. The van der Waals surface area contributed by atoms with Crippen LogP contribution in [0.3, 0.4) is 0 Å². The molecule has 12 rings (SSSR count). The quantitative estimate of drug-likeness (QED) is 0.175. The Morgan fingerprint density at radius 2 is 1.08 bits per heavy atom. The van der Waals surface area contributed by atoms with Crippen molar-refractivity contribution in [1.29, 1.82) is 0 Å². The summed E-state index contributed by atoms with van der Waals surface area (Å²) in [4.78, 5) is 10.1. The fourth-order valence-corrected chi connectivity index (χ4v) is 9.07. The molecule has 0 saturated heterocycles. The van der Waals surface area contributed by atoms with E-state index in [1.165, 1.54) is 27.4 Å². The summed E-state index contributed by atoms with van der Waals surface area (Å²) in [5.41, 5.74) is 12.0. The van der Waals surface area contributed by atoms with E-state index in [-0.39, 0.29) is 5.41 Å². The first-order valence-electron chi connectivity index (χ1n) is 20.1. The van der Waals surface area contributed by atoms with Gasteiger partial charge in [-0.2, -0.15) is 0 Å². The topological polar surface area (TPSA) is 54.2 Å². The van der Waals surface area contributed by atoms with Crippen molar-refractivity contribution in [3.63, 3.8) is 0 Å². The first-order chi connectivity index (χ1) is 28.9. The van der Waals surface area contributed by atoms with Crippen molar-refractivity contribution in [3.8, 4) is 28.7 Å². The first-order valence-corrected chi connectivity index (χ1v) is 20.1. The molecule has 0 spiro atoms. The van der Waals surface area contributed by atoms with Gasteiger partial charge in [0.15, 0.2) is 0 Å². The molecule has 5 aromatic heterocycles. The minimum Gasteiger partial charge on any atom is -0.457 e. The summed E-state index contributed by atoms with van der Waals surface area (Å²) in [5.74, 6) is 3.21. The molecule has 282 valence electrons. The molecule has 0 aliphatic carbocycles. The third-order valence-corrected chi connectivity index (χ3v) is 11.8. The fraction of sp³-hybridized carbons (Fsp3) is 0.0769. The Kier molecular flexibility index (Phi) is 7.06. The Balaban J connectivity index is 1.02. The van der Waals surface area contributed by atoms with E-state index >= 15 is 0 Å². The van der Waals surface area contributed by atoms with Gasteiger partial charge in [-0.05, 0) is 102 Å². The van der Waals surface area contributed by atoms with E-state index in [4.69, 9.17) is 14.7 Å². The molecule has 5 heterocycles. The van der Waals surface area contributed by atoms with Gasteiger partial charge in [-0.3, -0.25) is 13.5 Å². The highest BCUT2D eigenvalue weighted by Gasteiger charge is 2.21. The molecular weight excluding hydrogens is 725 g/mol. The molecular formula is C52H38N6O. The molecule has 0 unspecified atom stereocenters. The zero-order chi connectivity index (χ0) is 39.4. The summed E-state index contributed by atoms with van der Waals surface area (Å²) in [5, 5.41) is 4.75. The summed E-state index contributed by atoms with van der Waals surface area (Å²) >= 11 is 0. The van der Waals surface area contributed by atoms with Gasteiger partial charge in [0.2, 0.25) is 5.78 Å². The number of hydrogen-bond acceptors (Lipinski definition) is 3. The Hall–Kier alpha value is -7.64. The molecule has 7 heteroatoms. The van der Waals surface area contributed by atoms with E-state index in [9.17, 15) is 0 Å². The largest absolute Gasteiger partial charge is 0.457 e. The average Bonchev–Trinajstić information content (AvgIpc) is 3.99. The number of imidazole rings is 2. The standard InChI is InChI=1S/C52H38N6O/c1-52(2,3)33-27-28-53-50(29-33)57-45-26-23-35(55-43-18-7-4-15-38(43)39-16-5-8-19-44(39)55)31-41(45)40-25-24-37(32-49(40)57)59-36-14-12-13-34(30-36)56-47-21-10-11-22-48(47)58-46-20-9-6-17-42(46)54-51(56)58/h4-32H,1-3H3. The molecule has 12 aromatic rings. The molecule has 0 radical (unpaired) electrons. The number of fused-ring (bicyclic) bond motifs is 11. The normalized spacial score (nSPS) is 12.3. The lowest BCUT2D eigenvalue weighted by Gasteiger charge is -2.20. The number of benzene rings is 7.